The second kappa shape index (κ2) is 6.49. The van der Waals surface area contributed by atoms with E-state index in [1.54, 1.807) is 0 Å². The zero-order valence-corrected chi connectivity index (χ0v) is 11.6. The monoisotopic (exact) mass is 295 g/mol. The molecule has 0 radical (unpaired) electrons. The van der Waals surface area contributed by atoms with Crippen LogP contribution < -0.4 is 5.32 Å². The van der Waals surface area contributed by atoms with Gasteiger partial charge in [-0.3, -0.25) is 10.1 Å². The van der Waals surface area contributed by atoms with Gasteiger partial charge in [0.1, 0.15) is 0 Å². The molecule has 1 aromatic heterocycles. The zero-order chi connectivity index (χ0) is 15.4. The van der Waals surface area contributed by atoms with Crippen molar-refractivity contribution in [2.45, 2.75) is 25.4 Å². The summed E-state index contributed by atoms with van der Waals surface area (Å²) in [4.78, 5) is 25.8. The summed E-state index contributed by atoms with van der Waals surface area (Å²) in [6.45, 7) is 0.375. The standard InChI is InChI=1S/C13H17N3O5/c1-21-13(18)9-5-6-10(16(19)20)12(15-9)14-7-8-3-2-4-11(8)17/h5-6,8,11,17H,2-4,7H2,1H3,(H,14,15). The number of hydrogen-bond acceptors (Lipinski definition) is 7. The molecule has 0 spiro atoms. The maximum absolute atomic E-state index is 11.4. The number of carbonyl (C=O) groups excluding carboxylic acids is 1. The van der Waals surface area contributed by atoms with Crippen LogP contribution in [-0.2, 0) is 4.74 Å². The van der Waals surface area contributed by atoms with Gasteiger partial charge in [0.05, 0.1) is 18.1 Å². The second-order valence-corrected chi connectivity index (χ2v) is 4.95. The number of aromatic nitrogens is 1. The Morgan fingerprint density at radius 1 is 1.57 bits per heavy atom. The Labute approximate surface area is 121 Å². The summed E-state index contributed by atoms with van der Waals surface area (Å²) in [5, 5.41) is 23.6. The van der Waals surface area contributed by atoms with Gasteiger partial charge in [-0.2, -0.15) is 0 Å². The highest BCUT2D eigenvalue weighted by Gasteiger charge is 2.26. The zero-order valence-electron chi connectivity index (χ0n) is 11.6. The maximum Gasteiger partial charge on any atom is 0.356 e. The first-order valence-electron chi connectivity index (χ1n) is 6.68. The van der Waals surface area contributed by atoms with Gasteiger partial charge in [0, 0.05) is 18.5 Å². The van der Waals surface area contributed by atoms with Crippen LogP contribution in [0.2, 0.25) is 0 Å². The van der Waals surface area contributed by atoms with Crippen molar-refractivity contribution in [1.29, 1.82) is 0 Å². The van der Waals surface area contributed by atoms with Gasteiger partial charge in [-0.1, -0.05) is 6.42 Å². The average Bonchev–Trinajstić information content (AvgIpc) is 2.89. The van der Waals surface area contributed by atoms with E-state index in [2.05, 4.69) is 15.0 Å². The predicted molar refractivity (Wildman–Crippen MR) is 74.1 cm³/mol. The van der Waals surface area contributed by atoms with Crippen LogP contribution in [0, 0.1) is 16.0 Å². The number of nitrogens with one attached hydrogen (secondary N) is 1. The Morgan fingerprint density at radius 3 is 2.90 bits per heavy atom. The topological polar surface area (TPSA) is 115 Å². The first-order valence-corrected chi connectivity index (χ1v) is 6.68. The fourth-order valence-corrected chi connectivity index (χ4v) is 2.43. The van der Waals surface area contributed by atoms with E-state index in [0.29, 0.717) is 6.54 Å². The minimum atomic E-state index is -0.658. The highest BCUT2D eigenvalue weighted by atomic mass is 16.6. The molecule has 1 aliphatic rings. The fourth-order valence-electron chi connectivity index (χ4n) is 2.43. The van der Waals surface area contributed by atoms with Crippen LogP contribution in [0.1, 0.15) is 29.8 Å². The number of aliphatic hydroxyl groups is 1. The van der Waals surface area contributed by atoms with E-state index in [1.807, 2.05) is 0 Å². The summed E-state index contributed by atoms with van der Waals surface area (Å²) >= 11 is 0. The molecule has 0 saturated heterocycles. The van der Waals surface area contributed by atoms with Crippen LogP contribution >= 0.6 is 0 Å². The van der Waals surface area contributed by atoms with Crippen molar-refractivity contribution in [3.05, 3.63) is 27.9 Å². The van der Waals surface area contributed by atoms with Gasteiger partial charge < -0.3 is 15.2 Å². The Balaban J connectivity index is 2.18. The number of pyridine rings is 1. The molecule has 1 aliphatic carbocycles. The SMILES string of the molecule is COC(=O)c1ccc([N+](=O)[O-])c(NCC2CCCC2O)n1. The van der Waals surface area contributed by atoms with Crippen LogP contribution in [0.3, 0.4) is 0 Å². The number of anilines is 1. The average molecular weight is 295 g/mol. The van der Waals surface area contributed by atoms with E-state index in [4.69, 9.17) is 0 Å². The minimum Gasteiger partial charge on any atom is -0.464 e. The van der Waals surface area contributed by atoms with E-state index in [9.17, 15) is 20.0 Å². The highest BCUT2D eigenvalue weighted by Crippen LogP contribution is 2.28. The third-order valence-electron chi connectivity index (χ3n) is 3.62. The molecule has 0 aliphatic heterocycles. The Hall–Kier alpha value is -2.22. The lowest BCUT2D eigenvalue weighted by atomic mass is 10.1. The van der Waals surface area contributed by atoms with E-state index >= 15 is 0 Å². The van der Waals surface area contributed by atoms with E-state index in [0.717, 1.165) is 19.3 Å². The van der Waals surface area contributed by atoms with Crippen molar-refractivity contribution < 1.29 is 19.6 Å². The summed E-state index contributed by atoms with van der Waals surface area (Å²) in [7, 11) is 1.22. The summed E-state index contributed by atoms with van der Waals surface area (Å²) in [6.07, 6.45) is 2.13. The molecule has 21 heavy (non-hydrogen) atoms. The van der Waals surface area contributed by atoms with Crippen LogP contribution in [0.15, 0.2) is 12.1 Å². The number of carbonyl (C=O) groups is 1. The van der Waals surface area contributed by atoms with Gasteiger partial charge in [-0.25, -0.2) is 9.78 Å². The third kappa shape index (κ3) is 3.46. The molecular weight excluding hydrogens is 278 g/mol. The highest BCUT2D eigenvalue weighted by molar-refractivity contribution is 5.88. The molecule has 1 fully saturated rings. The number of methoxy groups -OCH3 is 1. The quantitative estimate of drug-likeness (QED) is 0.478. The molecule has 0 aromatic carbocycles. The molecule has 2 unspecified atom stereocenters. The lowest BCUT2D eigenvalue weighted by molar-refractivity contribution is -0.384. The Morgan fingerprint density at radius 2 is 2.33 bits per heavy atom. The molecule has 1 saturated carbocycles. The minimum absolute atomic E-state index is 0.00225. The molecule has 0 bridgehead atoms. The van der Waals surface area contributed by atoms with E-state index in [1.165, 1.54) is 19.2 Å². The van der Waals surface area contributed by atoms with E-state index in [-0.39, 0.29) is 23.1 Å². The number of ether oxygens (including phenoxy) is 1. The van der Waals surface area contributed by atoms with Gasteiger partial charge in [-0.15, -0.1) is 0 Å². The lowest BCUT2D eigenvalue weighted by Crippen LogP contribution is -2.23. The van der Waals surface area contributed by atoms with Crippen LogP contribution in [0.4, 0.5) is 11.5 Å². The largest absolute Gasteiger partial charge is 0.464 e. The normalized spacial score (nSPS) is 21.0. The van der Waals surface area contributed by atoms with Crippen molar-refractivity contribution in [3.63, 3.8) is 0 Å². The van der Waals surface area contributed by atoms with Gasteiger partial charge in [0.25, 0.3) is 0 Å². The number of nitro groups is 1. The molecule has 8 heteroatoms. The molecule has 2 rings (SSSR count). The van der Waals surface area contributed by atoms with Crippen molar-refractivity contribution >= 4 is 17.5 Å². The van der Waals surface area contributed by atoms with Crippen molar-refractivity contribution in [2.75, 3.05) is 19.0 Å². The molecule has 1 aromatic rings. The number of hydrogen-bond donors (Lipinski definition) is 2. The number of aliphatic hydroxyl groups excluding tert-OH is 1. The summed E-state index contributed by atoms with van der Waals surface area (Å²) in [6, 6.07) is 2.46. The second-order valence-electron chi connectivity index (χ2n) is 4.95. The van der Waals surface area contributed by atoms with Crippen LogP contribution in [0.5, 0.6) is 0 Å². The van der Waals surface area contributed by atoms with Gasteiger partial charge in [0.15, 0.2) is 5.69 Å². The van der Waals surface area contributed by atoms with Crippen LogP contribution in [-0.4, -0.2) is 40.7 Å². The molecule has 114 valence electrons. The molecular formula is C13H17N3O5. The van der Waals surface area contributed by atoms with Gasteiger partial charge >= 0.3 is 11.7 Å². The van der Waals surface area contributed by atoms with Gasteiger partial charge in [0.2, 0.25) is 5.82 Å². The van der Waals surface area contributed by atoms with Crippen molar-refractivity contribution in [1.82, 2.24) is 4.98 Å². The molecule has 8 nitrogen and oxygen atoms in total. The molecule has 0 amide bonds. The summed E-state index contributed by atoms with van der Waals surface area (Å²) < 4.78 is 4.55. The van der Waals surface area contributed by atoms with Crippen molar-refractivity contribution in [2.24, 2.45) is 5.92 Å². The smallest absolute Gasteiger partial charge is 0.356 e. The molecule has 2 atom stereocenters. The number of esters is 1. The van der Waals surface area contributed by atoms with Crippen LogP contribution in [0.25, 0.3) is 0 Å². The third-order valence-corrected chi connectivity index (χ3v) is 3.62. The summed E-state index contributed by atoms with van der Waals surface area (Å²) in [5.41, 5.74) is -0.215. The number of nitrogens with zero attached hydrogens (tertiary/aromatic N) is 2. The Kier molecular flexibility index (Phi) is 4.69. The number of rotatable bonds is 5. The van der Waals surface area contributed by atoms with E-state index < -0.39 is 17.0 Å². The predicted octanol–water partition coefficient (Wildman–Crippen LogP) is 1.35. The molecule has 1 heterocycles. The maximum atomic E-state index is 11.4. The summed E-state index contributed by atoms with van der Waals surface area (Å²) in [5.74, 6) is -0.607. The van der Waals surface area contributed by atoms with Gasteiger partial charge in [-0.05, 0) is 18.9 Å². The lowest BCUT2D eigenvalue weighted by Gasteiger charge is -2.15. The fraction of sp³-hybridized carbons (Fsp3) is 0.538. The first kappa shape index (κ1) is 15.2. The van der Waals surface area contributed by atoms with Crippen molar-refractivity contribution in [3.8, 4) is 0 Å². The molecule has 2 N–H and O–H groups in total. The first-order chi connectivity index (χ1) is 10.0. The Bertz CT molecular complexity index is 549.